The fourth-order valence-corrected chi connectivity index (χ4v) is 2.51. The third-order valence-electron chi connectivity index (χ3n) is 3.53. The van der Waals surface area contributed by atoms with E-state index in [0.29, 0.717) is 5.01 Å². The van der Waals surface area contributed by atoms with Gasteiger partial charge >= 0.3 is 18.1 Å². The highest BCUT2D eigenvalue weighted by Crippen LogP contribution is 2.20. The number of Topliss-reactive ketones (excluding diaryl/α,β-unsaturated/α-hetero) is 1. The number of ether oxygens (including phenoxy) is 2. The Bertz CT molecular complexity index is 689. The van der Waals surface area contributed by atoms with Crippen LogP contribution in [0, 0.1) is 5.92 Å². The number of aliphatic hydroxyl groups excluding tert-OH is 1. The topological polar surface area (TPSA) is 126 Å². The number of carbonyl (C=O) groups excluding carboxylic acids is 4. The average Bonchev–Trinajstić information content (AvgIpc) is 2.52. The Morgan fingerprint density at radius 2 is 1.66 bits per heavy atom. The summed E-state index contributed by atoms with van der Waals surface area (Å²) < 4.78 is 10.5. The molecule has 0 aromatic carbocycles. The van der Waals surface area contributed by atoms with Crippen molar-refractivity contribution in [3.8, 4) is 0 Å². The summed E-state index contributed by atoms with van der Waals surface area (Å²) in [5.41, 5.74) is -1.48. The first-order valence-corrected chi connectivity index (χ1v) is 9.34. The van der Waals surface area contributed by atoms with Gasteiger partial charge in [-0.3, -0.25) is 4.79 Å². The molecular weight excluding hydrogens is 382 g/mol. The number of amides is 3. The van der Waals surface area contributed by atoms with Gasteiger partial charge < -0.3 is 24.3 Å². The second-order valence-corrected chi connectivity index (χ2v) is 8.92. The Labute approximate surface area is 170 Å². The van der Waals surface area contributed by atoms with E-state index in [1.54, 1.807) is 41.5 Å². The first-order chi connectivity index (χ1) is 13.1. The summed E-state index contributed by atoms with van der Waals surface area (Å²) in [7, 11) is 0. The van der Waals surface area contributed by atoms with Gasteiger partial charge in [0.15, 0.2) is 0 Å². The Morgan fingerprint density at radius 1 is 1.10 bits per heavy atom. The van der Waals surface area contributed by atoms with Crippen molar-refractivity contribution in [3.05, 3.63) is 0 Å². The average molecular weight is 413 g/mol. The Morgan fingerprint density at radius 3 is 2.10 bits per heavy atom. The lowest BCUT2D eigenvalue weighted by Crippen LogP contribution is -2.54. The SMILES string of the molecule is CC(=O)CC(CN1CC(CO)=NN(C(=O)OC(C)(C)C)C1=O)C(=O)OC(C)(C)C. The van der Waals surface area contributed by atoms with E-state index in [0.717, 1.165) is 0 Å². The maximum Gasteiger partial charge on any atom is 0.439 e. The molecule has 3 amide bonds. The summed E-state index contributed by atoms with van der Waals surface area (Å²) in [6.07, 6.45) is -1.13. The summed E-state index contributed by atoms with van der Waals surface area (Å²) >= 11 is 0. The predicted octanol–water partition coefficient (Wildman–Crippen LogP) is 1.94. The molecule has 0 aromatic heterocycles. The number of hydrazone groups is 1. The van der Waals surface area contributed by atoms with Crippen molar-refractivity contribution in [2.24, 2.45) is 11.0 Å². The number of rotatable bonds is 6. The highest BCUT2D eigenvalue weighted by Gasteiger charge is 2.38. The van der Waals surface area contributed by atoms with E-state index >= 15 is 0 Å². The Balaban J connectivity index is 3.08. The quantitative estimate of drug-likeness (QED) is 0.660. The zero-order valence-corrected chi connectivity index (χ0v) is 18.1. The minimum absolute atomic E-state index is 0.0914. The maximum atomic E-state index is 12.8. The van der Waals surface area contributed by atoms with Gasteiger partial charge in [-0.2, -0.15) is 5.10 Å². The van der Waals surface area contributed by atoms with E-state index in [2.05, 4.69) is 5.10 Å². The van der Waals surface area contributed by atoms with Crippen LogP contribution in [0.1, 0.15) is 54.9 Å². The molecule has 10 heteroatoms. The lowest BCUT2D eigenvalue weighted by molar-refractivity contribution is -0.161. The van der Waals surface area contributed by atoms with Crippen molar-refractivity contribution in [1.82, 2.24) is 9.91 Å². The smallest absolute Gasteiger partial charge is 0.439 e. The Kier molecular flexibility index (Phi) is 7.90. The highest BCUT2D eigenvalue weighted by molar-refractivity contribution is 6.00. The molecular formula is C19H31N3O7. The molecule has 1 N–H and O–H groups in total. The molecule has 164 valence electrons. The molecule has 1 rings (SSSR count). The van der Waals surface area contributed by atoms with Crippen molar-refractivity contribution in [1.29, 1.82) is 0 Å². The summed E-state index contributed by atoms with van der Waals surface area (Å²) in [6, 6.07) is -0.812. The van der Waals surface area contributed by atoms with Crippen molar-refractivity contribution >= 4 is 29.6 Å². The summed E-state index contributed by atoms with van der Waals surface area (Å²) in [4.78, 5) is 50.4. The van der Waals surface area contributed by atoms with Gasteiger partial charge in [-0.1, -0.05) is 0 Å². The van der Waals surface area contributed by atoms with Gasteiger partial charge in [-0.25, -0.2) is 9.59 Å². The van der Waals surface area contributed by atoms with Gasteiger partial charge in [-0.15, -0.1) is 5.01 Å². The van der Waals surface area contributed by atoms with Gasteiger partial charge in [0.1, 0.15) is 17.0 Å². The minimum atomic E-state index is -1.00. The fourth-order valence-electron chi connectivity index (χ4n) is 2.51. The van der Waals surface area contributed by atoms with E-state index < -0.39 is 41.8 Å². The number of hydrogen-bond acceptors (Lipinski definition) is 8. The van der Waals surface area contributed by atoms with Crippen molar-refractivity contribution < 1.29 is 33.8 Å². The van der Waals surface area contributed by atoms with Crippen LogP contribution in [-0.4, -0.2) is 75.5 Å². The van der Waals surface area contributed by atoms with Crippen LogP contribution in [0.15, 0.2) is 5.10 Å². The molecule has 1 unspecified atom stereocenters. The van der Waals surface area contributed by atoms with Crippen LogP contribution in [-0.2, 0) is 19.1 Å². The van der Waals surface area contributed by atoms with Gasteiger partial charge in [0.05, 0.1) is 24.8 Å². The third kappa shape index (κ3) is 8.18. The number of ketones is 1. The number of hydrogen-bond donors (Lipinski definition) is 1. The van der Waals surface area contributed by atoms with Crippen LogP contribution in [0.25, 0.3) is 0 Å². The first-order valence-electron chi connectivity index (χ1n) is 9.34. The molecule has 0 bridgehead atoms. The largest absolute Gasteiger partial charge is 0.460 e. The molecule has 0 fully saturated rings. The molecule has 0 saturated carbocycles. The molecule has 10 nitrogen and oxygen atoms in total. The van der Waals surface area contributed by atoms with Crippen LogP contribution >= 0.6 is 0 Å². The molecule has 29 heavy (non-hydrogen) atoms. The van der Waals surface area contributed by atoms with Gasteiger partial charge in [-0.05, 0) is 48.5 Å². The van der Waals surface area contributed by atoms with Crippen LogP contribution in [0.2, 0.25) is 0 Å². The molecule has 0 spiro atoms. The second kappa shape index (κ2) is 9.34. The van der Waals surface area contributed by atoms with E-state index in [4.69, 9.17) is 9.47 Å². The van der Waals surface area contributed by atoms with Crippen LogP contribution in [0.4, 0.5) is 9.59 Å². The molecule has 1 aliphatic rings. The normalized spacial score (nSPS) is 16.3. The first kappa shape index (κ1) is 24.5. The van der Waals surface area contributed by atoms with E-state index in [-0.39, 0.29) is 31.0 Å². The van der Waals surface area contributed by atoms with Crippen LogP contribution < -0.4 is 0 Å². The fraction of sp³-hybridized carbons (Fsp3) is 0.737. The van der Waals surface area contributed by atoms with Crippen LogP contribution in [0.3, 0.4) is 0 Å². The van der Waals surface area contributed by atoms with Crippen LogP contribution in [0.5, 0.6) is 0 Å². The van der Waals surface area contributed by atoms with Gasteiger partial charge in [0.2, 0.25) is 0 Å². The minimum Gasteiger partial charge on any atom is -0.460 e. The number of esters is 1. The lowest BCUT2D eigenvalue weighted by atomic mass is 10.0. The summed E-state index contributed by atoms with van der Waals surface area (Å²) in [5.74, 6) is -1.79. The number of imide groups is 1. The van der Waals surface area contributed by atoms with Crippen molar-refractivity contribution in [2.75, 3.05) is 19.7 Å². The Hall–Kier alpha value is -2.49. The second-order valence-electron chi connectivity index (χ2n) is 8.92. The number of nitrogens with zero attached hydrogens (tertiary/aromatic N) is 3. The maximum absolute atomic E-state index is 12.8. The van der Waals surface area contributed by atoms with Gasteiger partial charge in [0, 0.05) is 13.0 Å². The molecule has 1 atom stereocenters. The molecule has 1 aliphatic heterocycles. The number of aliphatic hydroxyl groups is 1. The standard InChI is InChI=1S/C19H31N3O7/c1-12(24)8-13(15(25)28-18(2,3)4)9-21-10-14(11-23)20-22(16(21)26)17(27)29-19(5,6)7/h13,23H,8-11H2,1-7H3. The number of urea groups is 1. The van der Waals surface area contributed by atoms with Crippen molar-refractivity contribution in [2.45, 2.75) is 66.1 Å². The molecule has 0 saturated heterocycles. The van der Waals surface area contributed by atoms with Gasteiger partial charge in [0.25, 0.3) is 0 Å². The zero-order chi connectivity index (χ0) is 22.6. The van der Waals surface area contributed by atoms with E-state index in [9.17, 15) is 24.3 Å². The third-order valence-corrected chi connectivity index (χ3v) is 3.53. The molecule has 0 aliphatic carbocycles. The highest BCUT2D eigenvalue weighted by atomic mass is 16.6. The van der Waals surface area contributed by atoms with E-state index in [1.807, 2.05) is 0 Å². The molecule has 1 heterocycles. The molecule has 0 radical (unpaired) electrons. The summed E-state index contributed by atoms with van der Waals surface area (Å²) in [6.45, 7) is 10.6. The monoisotopic (exact) mass is 413 g/mol. The molecule has 0 aromatic rings. The predicted molar refractivity (Wildman–Crippen MR) is 104 cm³/mol. The summed E-state index contributed by atoms with van der Waals surface area (Å²) in [5, 5.41) is 13.8. The lowest BCUT2D eigenvalue weighted by Gasteiger charge is -2.34. The number of carbonyl (C=O) groups is 4. The van der Waals surface area contributed by atoms with Crippen molar-refractivity contribution in [3.63, 3.8) is 0 Å². The zero-order valence-electron chi connectivity index (χ0n) is 18.1. The van der Waals surface area contributed by atoms with E-state index in [1.165, 1.54) is 11.8 Å².